The maximum Gasteiger partial charge on any atom is 0.211 e. The van der Waals surface area contributed by atoms with Crippen molar-refractivity contribution in [3.8, 4) is 6.07 Å². The normalized spacial score (nSPS) is 13.5. The van der Waals surface area contributed by atoms with Crippen LogP contribution in [0.3, 0.4) is 0 Å². The van der Waals surface area contributed by atoms with Crippen LogP contribution in [0.15, 0.2) is 5.16 Å². The van der Waals surface area contributed by atoms with Crippen molar-refractivity contribution in [1.82, 2.24) is 14.9 Å². The van der Waals surface area contributed by atoms with E-state index in [9.17, 15) is 0 Å². The Hall–Kier alpha value is -1.22. The fourth-order valence-corrected chi connectivity index (χ4v) is 1.71. The Kier molecular flexibility index (Phi) is 3.25. The molecular formula is C9H15N5S. The molecule has 0 aromatic carbocycles. The van der Waals surface area contributed by atoms with E-state index < -0.39 is 0 Å². The van der Waals surface area contributed by atoms with E-state index in [1.807, 2.05) is 20.8 Å². The molecule has 0 aliphatic heterocycles. The molecule has 0 saturated heterocycles. The highest BCUT2D eigenvalue weighted by Crippen LogP contribution is 2.25. The lowest BCUT2D eigenvalue weighted by Gasteiger charge is -2.16. The summed E-state index contributed by atoms with van der Waals surface area (Å²) in [7, 11) is 0. The molecule has 1 heterocycles. The third-order valence-electron chi connectivity index (χ3n) is 1.80. The van der Waals surface area contributed by atoms with E-state index in [0.29, 0.717) is 5.16 Å². The Morgan fingerprint density at radius 3 is 2.47 bits per heavy atom. The molecule has 82 valence electrons. The molecule has 0 bridgehead atoms. The lowest BCUT2D eigenvalue weighted by atomic mass is 9.96. The zero-order chi connectivity index (χ0) is 11.6. The van der Waals surface area contributed by atoms with Crippen molar-refractivity contribution >= 4 is 11.8 Å². The fraction of sp³-hybridized carbons (Fsp3) is 0.667. The van der Waals surface area contributed by atoms with Gasteiger partial charge in [0.05, 0.1) is 11.3 Å². The van der Waals surface area contributed by atoms with E-state index >= 15 is 0 Å². The quantitative estimate of drug-likeness (QED) is 0.606. The third kappa shape index (κ3) is 2.63. The minimum atomic E-state index is -0.177. The number of hydrogen-bond donors (Lipinski definition) is 1. The van der Waals surface area contributed by atoms with E-state index in [1.165, 1.54) is 16.4 Å². The summed E-state index contributed by atoms with van der Waals surface area (Å²) in [5, 5.41) is 17.1. The molecule has 1 aromatic rings. The average Bonchev–Trinajstić information content (AvgIpc) is 2.47. The molecule has 15 heavy (non-hydrogen) atoms. The summed E-state index contributed by atoms with van der Waals surface area (Å²) in [6, 6.07) is 2.11. The molecule has 1 unspecified atom stereocenters. The molecule has 0 amide bonds. The molecule has 0 aliphatic rings. The maximum atomic E-state index is 8.68. The monoisotopic (exact) mass is 225 g/mol. The van der Waals surface area contributed by atoms with Gasteiger partial charge in [-0.3, -0.25) is 0 Å². The number of nitriles is 1. The van der Waals surface area contributed by atoms with Crippen LogP contribution in [0, 0.1) is 11.3 Å². The van der Waals surface area contributed by atoms with Crippen LogP contribution in [-0.2, 0) is 5.41 Å². The molecule has 0 fully saturated rings. The lowest BCUT2D eigenvalue weighted by Crippen LogP contribution is -2.24. The summed E-state index contributed by atoms with van der Waals surface area (Å²) in [6.07, 6.45) is 0. The number of thioether (sulfide) groups is 1. The van der Waals surface area contributed by atoms with Gasteiger partial charge in [0.2, 0.25) is 5.16 Å². The molecule has 1 rings (SSSR count). The highest BCUT2D eigenvalue weighted by Gasteiger charge is 2.23. The summed E-state index contributed by atoms with van der Waals surface area (Å²) in [4.78, 5) is 0. The number of rotatable bonds is 2. The zero-order valence-electron chi connectivity index (χ0n) is 9.35. The average molecular weight is 225 g/mol. The summed E-state index contributed by atoms with van der Waals surface area (Å²) in [5.41, 5.74) is -0.142. The first-order valence-electron chi connectivity index (χ1n) is 4.63. The van der Waals surface area contributed by atoms with Gasteiger partial charge in [-0.25, -0.2) is 4.68 Å². The number of nitrogens with two attached hydrogens (primary N) is 1. The van der Waals surface area contributed by atoms with Crippen molar-refractivity contribution in [1.29, 1.82) is 5.26 Å². The van der Waals surface area contributed by atoms with Crippen LogP contribution in [-0.4, -0.2) is 20.1 Å². The van der Waals surface area contributed by atoms with Gasteiger partial charge < -0.3 is 5.84 Å². The second-order valence-electron chi connectivity index (χ2n) is 4.32. The maximum absolute atomic E-state index is 8.68. The molecule has 0 saturated carbocycles. The molecule has 0 radical (unpaired) electrons. The smallest absolute Gasteiger partial charge is 0.211 e. The fourth-order valence-electron chi connectivity index (χ4n) is 1.05. The van der Waals surface area contributed by atoms with E-state index in [4.69, 9.17) is 11.1 Å². The first-order chi connectivity index (χ1) is 6.86. The van der Waals surface area contributed by atoms with Gasteiger partial charge in [-0.15, -0.1) is 10.2 Å². The van der Waals surface area contributed by atoms with Crippen molar-refractivity contribution in [2.24, 2.45) is 0 Å². The summed E-state index contributed by atoms with van der Waals surface area (Å²) >= 11 is 1.31. The zero-order valence-corrected chi connectivity index (χ0v) is 10.2. The van der Waals surface area contributed by atoms with Crippen molar-refractivity contribution in [3.05, 3.63) is 5.82 Å². The van der Waals surface area contributed by atoms with E-state index in [0.717, 1.165) is 5.82 Å². The molecule has 0 aliphatic carbocycles. The lowest BCUT2D eigenvalue weighted by molar-refractivity contribution is 0.523. The van der Waals surface area contributed by atoms with Crippen LogP contribution in [0.4, 0.5) is 0 Å². The Labute approximate surface area is 93.6 Å². The van der Waals surface area contributed by atoms with E-state index in [-0.39, 0.29) is 10.7 Å². The predicted octanol–water partition coefficient (Wildman–Crippen LogP) is 1.29. The van der Waals surface area contributed by atoms with Crippen LogP contribution in [0.2, 0.25) is 0 Å². The van der Waals surface area contributed by atoms with Crippen LogP contribution >= 0.6 is 11.8 Å². The Morgan fingerprint density at radius 2 is 2.07 bits per heavy atom. The molecule has 5 nitrogen and oxygen atoms in total. The highest BCUT2D eigenvalue weighted by atomic mass is 32.2. The van der Waals surface area contributed by atoms with E-state index in [2.05, 4.69) is 16.3 Å². The van der Waals surface area contributed by atoms with E-state index in [1.54, 1.807) is 6.92 Å². The Morgan fingerprint density at radius 1 is 1.47 bits per heavy atom. The number of hydrogen-bond acceptors (Lipinski definition) is 5. The van der Waals surface area contributed by atoms with Gasteiger partial charge in [0.25, 0.3) is 0 Å². The van der Waals surface area contributed by atoms with Gasteiger partial charge in [-0.05, 0) is 6.92 Å². The topological polar surface area (TPSA) is 80.5 Å². The van der Waals surface area contributed by atoms with Crippen LogP contribution < -0.4 is 5.84 Å². The second kappa shape index (κ2) is 4.11. The molecule has 1 atom stereocenters. The standard InChI is InChI=1S/C9H15N5S/c1-6(5-10)15-8-13-12-7(14(8)11)9(2,3)4/h6H,11H2,1-4H3. The van der Waals surface area contributed by atoms with Crippen molar-refractivity contribution in [2.75, 3.05) is 5.84 Å². The van der Waals surface area contributed by atoms with Gasteiger partial charge in [0.15, 0.2) is 5.82 Å². The molecule has 0 spiro atoms. The number of aromatic nitrogens is 3. The molecular weight excluding hydrogens is 210 g/mol. The van der Waals surface area contributed by atoms with Gasteiger partial charge in [0, 0.05) is 5.41 Å². The minimum absolute atomic E-state index is 0.142. The summed E-state index contributed by atoms with van der Waals surface area (Å²) in [5.74, 6) is 6.57. The molecule has 1 aromatic heterocycles. The second-order valence-corrected chi connectivity index (χ2v) is 5.62. The number of nitrogens with zero attached hydrogens (tertiary/aromatic N) is 4. The highest BCUT2D eigenvalue weighted by molar-refractivity contribution is 8.00. The first-order valence-corrected chi connectivity index (χ1v) is 5.51. The van der Waals surface area contributed by atoms with Gasteiger partial charge in [-0.1, -0.05) is 32.5 Å². The molecule has 2 N–H and O–H groups in total. The Balaban J connectivity index is 2.96. The van der Waals surface area contributed by atoms with Crippen LogP contribution in [0.1, 0.15) is 33.5 Å². The van der Waals surface area contributed by atoms with Gasteiger partial charge >= 0.3 is 0 Å². The number of nitrogen functional groups attached to an aromatic ring is 1. The SMILES string of the molecule is CC(C#N)Sc1nnc(C(C)(C)C)n1N. The van der Waals surface area contributed by atoms with Gasteiger partial charge in [0.1, 0.15) is 0 Å². The molecule has 6 heteroatoms. The first kappa shape index (κ1) is 11.9. The van der Waals surface area contributed by atoms with Crippen molar-refractivity contribution in [2.45, 2.75) is 43.5 Å². The summed E-state index contributed by atoms with van der Waals surface area (Å²) in [6.45, 7) is 7.85. The van der Waals surface area contributed by atoms with Crippen LogP contribution in [0.5, 0.6) is 0 Å². The summed E-state index contributed by atoms with van der Waals surface area (Å²) < 4.78 is 1.46. The van der Waals surface area contributed by atoms with Crippen LogP contribution in [0.25, 0.3) is 0 Å². The third-order valence-corrected chi connectivity index (χ3v) is 2.75. The Bertz CT molecular complexity index is 384. The minimum Gasteiger partial charge on any atom is -0.336 e. The van der Waals surface area contributed by atoms with Gasteiger partial charge in [-0.2, -0.15) is 5.26 Å². The largest absolute Gasteiger partial charge is 0.336 e. The van der Waals surface area contributed by atoms with Crippen molar-refractivity contribution < 1.29 is 0 Å². The van der Waals surface area contributed by atoms with Crippen molar-refractivity contribution in [3.63, 3.8) is 0 Å². The predicted molar refractivity (Wildman–Crippen MR) is 59.8 cm³/mol.